The van der Waals surface area contributed by atoms with Crippen molar-refractivity contribution in [1.29, 1.82) is 0 Å². The molecule has 1 N–H and O–H groups in total. The van der Waals surface area contributed by atoms with Crippen LogP contribution in [0.25, 0.3) is 0 Å². The van der Waals surface area contributed by atoms with Gasteiger partial charge in [0.1, 0.15) is 0 Å². The maximum absolute atomic E-state index is 12.9. The molecule has 0 bridgehead atoms. The molecule has 1 unspecified atom stereocenters. The molecule has 0 saturated carbocycles. The van der Waals surface area contributed by atoms with Gasteiger partial charge in [-0.2, -0.15) is 4.74 Å². The number of carbonyl (C=O) groups excluding carboxylic acids is 1. The molecule has 0 aliphatic heterocycles. The highest BCUT2D eigenvalue weighted by Crippen LogP contribution is 2.16. The summed E-state index contributed by atoms with van der Waals surface area (Å²) in [5.74, 6) is -0.506. The minimum Gasteiger partial charge on any atom is -0.623 e. The second-order valence-corrected chi connectivity index (χ2v) is 6.15. The van der Waals surface area contributed by atoms with Crippen molar-refractivity contribution in [2.75, 3.05) is 0 Å². The van der Waals surface area contributed by atoms with Gasteiger partial charge in [0.2, 0.25) is 11.8 Å². The van der Waals surface area contributed by atoms with E-state index in [9.17, 15) is 15.2 Å². The lowest BCUT2D eigenvalue weighted by Crippen LogP contribution is -2.40. The summed E-state index contributed by atoms with van der Waals surface area (Å²) in [6.07, 6.45) is 0. The molecule has 0 spiro atoms. The van der Waals surface area contributed by atoms with Crippen LogP contribution in [0.5, 0.6) is 0 Å². The van der Waals surface area contributed by atoms with Gasteiger partial charge in [0.25, 0.3) is 5.78 Å². The number of rotatable bonds is 6. The van der Waals surface area contributed by atoms with Crippen molar-refractivity contribution >= 4 is 17.2 Å². The summed E-state index contributed by atoms with van der Waals surface area (Å²) >= 11 is 0. The molecule has 0 heterocycles. The first kappa shape index (κ1) is 18.4. The molecule has 1 atom stereocenters. The van der Waals surface area contributed by atoms with Crippen molar-refractivity contribution in [2.45, 2.75) is 26.8 Å². The van der Waals surface area contributed by atoms with E-state index >= 15 is 0 Å². The highest BCUT2D eigenvalue weighted by molar-refractivity contribution is 6.43. The fourth-order valence-corrected chi connectivity index (χ4v) is 2.70. The van der Waals surface area contributed by atoms with Crippen LogP contribution in [0, 0.1) is 11.1 Å². The van der Waals surface area contributed by atoms with Crippen molar-refractivity contribution in [3.8, 4) is 0 Å². The van der Waals surface area contributed by atoms with E-state index in [2.05, 4.69) is 5.16 Å². The van der Waals surface area contributed by atoms with Crippen LogP contribution in [0.2, 0.25) is 0 Å². The molecule has 0 saturated heterocycles. The third-order valence-corrected chi connectivity index (χ3v) is 4.04. The lowest BCUT2D eigenvalue weighted by atomic mass is 9.94. The molecular weight excluding hydrogens is 316 g/mol. The van der Waals surface area contributed by atoms with Crippen molar-refractivity contribution in [3.63, 3.8) is 0 Å². The van der Waals surface area contributed by atoms with Gasteiger partial charge < -0.3 is 10.4 Å². The second-order valence-electron chi connectivity index (χ2n) is 6.15. The van der Waals surface area contributed by atoms with Crippen molar-refractivity contribution in [2.24, 2.45) is 11.1 Å². The molecule has 2 aromatic carbocycles. The maximum atomic E-state index is 12.9. The van der Waals surface area contributed by atoms with Crippen LogP contribution in [0.15, 0.2) is 65.8 Å². The number of nitrogens with zero attached hydrogens (tertiary/aromatic N) is 2. The van der Waals surface area contributed by atoms with E-state index in [0.29, 0.717) is 15.9 Å². The average Bonchev–Trinajstić information content (AvgIpc) is 2.65. The van der Waals surface area contributed by atoms with E-state index in [1.54, 1.807) is 48.5 Å². The Labute approximate surface area is 147 Å². The van der Waals surface area contributed by atoms with E-state index in [-0.39, 0.29) is 23.1 Å². The van der Waals surface area contributed by atoms with Gasteiger partial charge in [-0.1, -0.05) is 79.7 Å². The van der Waals surface area contributed by atoms with Gasteiger partial charge in [0, 0.05) is 24.0 Å². The zero-order chi connectivity index (χ0) is 18.4. The van der Waals surface area contributed by atoms with E-state index < -0.39 is 6.04 Å². The Hall–Kier alpha value is -2.95. The quantitative estimate of drug-likeness (QED) is 0.218. The summed E-state index contributed by atoms with van der Waals surface area (Å²) < 4.78 is 0.655. The topological polar surface area (TPSA) is 75.7 Å². The number of carbonyl (C=O) groups is 1. The molecule has 0 aliphatic rings. The molecule has 2 aromatic rings. The van der Waals surface area contributed by atoms with E-state index in [4.69, 9.17) is 0 Å². The predicted molar refractivity (Wildman–Crippen MR) is 98.5 cm³/mol. The molecule has 0 fully saturated rings. The molecule has 0 radical (unpaired) electrons. The first-order chi connectivity index (χ1) is 12.0. The first-order valence-electron chi connectivity index (χ1n) is 8.14. The largest absolute Gasteiger partial charge is 0.623 e. The minimum atomic E-state index is -0.778. The average molecular weight is 338 g/mol. The van der Waals surface area contributed by atoms with Crippen molar-refractivity contribution in [1.82, 2.24) is 0 Å². The van der Waals surface area contributed by atoms with Gasteiger partial charge in [0.15, 0.2) is 5.71 Å². The van der Waals surface area contributed by atoms with Crippen LogP contribution in [0.4, 0.5) is 0 Å². The molecule has 0 amide bonds. The van der Waals surface area contributed by atoms with Gasteiger partial charge in [-0.05, 0) is 0 Å². The normalized spacial score (nSPS) is 14.2. The molecule has 2 rings (SSSR count). The third kappa shape index (κ3) is 4.12. The number of Topliss-reactive ketones (excluding diaryl/α,β-unsaturated/α-hetero) is 1. The number of hydroxylamine groups is 1. The number of hydrogen-bond acceptors (Lipinski definition) is 4. The van der Waals surface area contributed by atoms with Gasteiger partial charge >= 0.3 is 0 Å². The van der Waals surface area contributed by atoms with Gasteiger partial charge in [0.05, 0.1) is 0 Å². The number of hydrogen-bond donors (Lipinski definition) is 1. The van der Waals surface area contributed by atoms with Crippen LogP contribution in [-0.4, -0.2) is 33.2 Å². The lowest BCUT2D eigenvalue weighted by molar-refractivity contribution is -0.488. The third-order valence-electron chi connectivity index (χ3n) is 4.04. The summed E-state index contributed by atoms with van der Waals surface area (Å²) in [5.41, 5.74) is 1.39. The molecule has 130 valence electrons. The lowest BCUT2D eigenvalue weighted by Gasteiger charge is -2.22. The number of oxime groups is 1. The van der Waals surface area contributed by atoms with E-state index in [1.807, 2.05) is 26.0 Å². The Kier molecular flexibility index (Phi) is 6.06. The van der Waals surface area contributed by atoms with Gasteiger partial charge in [-0.25, -0.2) is 0 Å². The minimum absolute atomic E-state index is 0.0574. The van der Waals surface area contributed by atoms with Crippen molar-refractivity contribution < 1.29 is 14.7 Å². The fourth-order valence-electron chi connectivity index (χ4n) is 2.70. The summed E-state index contributed by atoms with van der Waals surface area (Å²) in [5, 5.41) is 25.8. The first-order valence-corrected chi connectivity index (χ1v) is 8.14. The fraction of sp³-hybridized carbons (Fsp3) is 0.250. The monoisotopic (exact) mass is 338 g/mol. The predicted octanol–water partition coefficient (Wildman–Crippen LogP) is 3.74. The zero-order valence-electron chi connectivity index (χ0n) is 14.6. The molecular formula is C20H22N2O3. The van der Waals surface area contributed by atoms with Crippen LogP contribution >= 0.6 is 0 Å². The molecule has 5 nitrogen and oxygen atoms in total. The number of ketones is 1. The Morgan fingerprint density at radius 1 is 1.00 bits per heavy atom. The number of benzene rings is 2. The Balaban J connectivity index is 2.47. The summed E-state index contributed by atoms with van der Waals surface area (Å²) in [6, 6.07) is 16.9. The SMILES string of the molecule is CC(C(=O)c1ccccc1)=[N+]([O-])C(C(=NO)c1ccccc1)C(C)C. The van der Waals surface area contributed by atoms with Crippen LogP contribution in [-0.2, 0) is 0 Å². The summed E-state index contributed by atoms with van der Waals surface area (Å²) in [4.78, 5) is 12.6. The maximum Gasteiger partial charge on any atom is 0.252 e. The van der Waals surface area contributed by atoms with Gasteiger partial charge in [-0.3, -0.25) is 4.79 Å². The highest BCUT2D eigenvalue weighted by Gasteiger charge is 2.32. The summed E-state index contributed by atoms with van der Waals surface area (Å²) in [6.45, 7) is 5.20. The van der Waals surface area contributed by atoms with Crippen molar-refractivity contribution in [3.05, 3.63) is 77.0 Å². The summed E-state index contributed by atoms with van der Waals surface area (Å²) in [7, 11) is 0. The zero-order valence-corrected chi connectivity index (χ0v) is 14.6. The van der Waals surface area contributed by atoms with Crippen LogP contribution < -0.4 is 0 Å². The van der Waals surface area contributed by atoms with E-state index in [0.717, 1.165) is 0 Å². The Morgan fingerprint density at radius 3 is 1.92 bits per heavy atom. The highest BCUT2D eigenvalue weighted by atomic mass is 16.5. The molecule has 0 aliphatic carbocycles. The molecule has 5 heteroatoms. The molecule has 0 aromatic heterocycles. The van der Waals surface area contributed by atoms with Gasteiger partial charge in [-0.15, -0.1) is 0 Å². The van der Waals surface area contributed by atoms with Crippen LogP contribution in [0.1, 0.15) is 36.7 Å². The van der Waals surface area contributed by atoms with E-state index in [1.165, 1.54) is 6.92 Å². The van der Waals surface area contributed by atoms with Crippen LogP contribution in [0.3, 0.4) is 0 Å². The Morgan fingerprint density at radius 2 is 1.48 bits per heavy atom. The standard InChI is InChI=1S/C20H22N2O3/c1-14(2)19(18(21-24)16-10-6-4-7-11-16)22(25)15(3)20(23)17-12-8-5-9-13-17/h4-14,19,24H,1-3H3. The molecule has 25 heavy (non-hydrogen) atoms. The smallest absolute Gasteiger partial charge is 0.252 e. The Bertz CT molecular complexity index is 781. The second kappa shape index (κ2) is 8.24.